The quantitative estimate of drug-likeness (QED) is 0.314. The molecule has 0 spiro atoms. The van der Waals surface area contributed by atoms with Crippen molar-refractivity contribution >= 4 is 47.9 Å². The van der Waals surface area contributed by atoms with Crippen molar-refractivity contribution in [1.29, 1.82) is 0 Å². The summed E-state index contributed by atoms with van der Waals surface area (Å²) in [5.74, 6) is -3.20. The van der Waals surface area contributed by atoms with Gasteiger partial charge in [-0.2, -0.15) is 8.78 Å². The number of rotatable bonds is 8. The molecule has 7 nitrogen and oxygen atoms in total. The summed E-state index contributed by atoms with van der Waals surface area (Å²) in [6, 6.07) is 5.40. The molecular weight excluding hydrogens is 520 g/mol. The second kappa shape index (κ2) is 11.5. The third-order valence-electron chi connectivity index (χ3n) is 6.41. The Morgan fingerprint density at radius 2 is 2.00 bits per heavy atom. The van der Waals surface area contributed by atoms with Crippen LogP contribution in [0.4, 0.5) is 19.0 Å². The molecule has 3 heterocycles. The van der Waals surface area contributed by atoms with Crippen LogP contribution in [-0.4, -0.2) is 64.0 Å². The van der Waals surface area contributed by atoms with Crippen LogP contribution >= 0.6 is 19.9 Å². The van der Waals surface area contributed by atoms with Crippen molar-refractivity contribution in [2.45, 2.75) is 32.7 Å². The normalized spacial score (nSPS) is 15.7. The first-order valence-electron chi connectivity index (χ1n) is 11.9. The highest BCUT2D eigenvalue weighted by atomic mass is 32.2. The van der Waals surface area contributed by atoms with E-state index in [1.54, 1.807) is 33.2 Å². The number of aryl methyl sites for hydroxylation is 1. The number of pyridine rings is 1. The SMILES string of the molecule is CSNCC(F)(F)c1cccc([C@@H](C)Nc2nc(C)nc3cnc(P4CCN(C(C)=O)CC4)cc23)c1F. The minimum absolute atomic E-state index is 0.0834. The van der Waals surface area contributed by atoms with Crippen LogP contribution in [0.3, 0.4) is 0 Å². The van der Waals surface area contributed by atoms with Gasteiger partial charge in [-0.15, -0.1) is 0 Å². The van der Waals surface area contributed by atoms with Gasteiger partial charge in [-0.1, -0.05) is 38.1 Å². The number of anilines is 1. The van der Waals surface area contributed by atoms with Crippen molar-refractivity contribution in [2.75, 3.05) is 43.5 Å². The van der Waals surface area contributed by atoms with Crippen molar-refractivity contribution in [3.8, 4) is 0 Å². The van der Waals surface area contributed by atoms with Crippen LogP contribution in [0.5, 0.6) is 0 Å². The highest BCUT2D eigenvalue weighted by molar-refractivity contribution is 7.96. The number of alkyl halides is 2. The zero-order valence-corrected chi connectivity index (χ0v) is 22.9. The van der Waals surface area contributed by atoms with Crippen LogP contribution in [0.15, 0.2) is 30.5 Å². The maximum absolute atomic E-state index is 15.3. The summed E-state index contributed by atoms with van der Waals surface area (Å²) in [4.78, 5) is 27.2. The molecule has 1 aliphatic heterocycles. The van der Waals surface area contributed by atoms with Crippen molar-refractivity contribution in [2.24, 2.45) is 0 Å². The predicted octanol–water partition coefficient (Wildman–Crippen LogP) is 4.57. The lowest BCUT2D eigenvalue weighted by atomic mass is 10.00. The lowest BCUT2D eigenvalue weighted by Gasteiger charge is -2.31. The van der Waals surface area contributed by atoms with Crippen LogP contribution in [0, 0.1) is 12.7 Å². The number of nitrogens with one attached hydrogen (secondary N) is 2. The average Bonchev–Trinajstić information content (AvgIpc) is 2.87. The number of fused-ring (bicyclic) bond motifs is 1. The smallest absolute Gasteiger partial charge is 0.289 e. The van der Waals surface area contributed by atoms with Gasteiger partial charge in [0.1, 0.15) is 17.5 Å². The fraction of sp³-hybridized carbons (Fsp3) is 0.440. The number of aromatic nitrogens is 3. The minimum atomic E-state index is -3.36. The number of carbonyl (C=O) groups is 1. The molecule has 1 atom stereocenters. The number of amides is 1. The van der Waals surface area contributed by atoms with Gasteiger partial charge in [0.25, 0.3) is 5.92 Å². The Hall–Kier alpha value is -2.49. The zero-order chi connectivity index (χ0) is 26.7. The van der Waals surface area contributed by atoms with Crippen molar-refractivity contribution in [3.63, 3.8) is 0 Å². The summed E-state index contributed by atoms with van der Waals surface area (Å²) in [6.45, 7) is 5.80. The monoisotopic (exact) mass is 550 g/mol. The van der Waals surface area contributed by atoms with E-state index < -0.39 is 37.8 Å². The summed E-state index contributed by atoms with van der Waals surface area (Å²) < 4.78 is 47.1. The molecule has 0 saturated carbocycles. The Kier molecular flexibility index (Phi) is 8.56. The molecule has 2 N–H and O–H groups in total. The summed E-state index contributed by atoms with van der Waals surface area (Å²) in [5, 5.41) is 3.97. The summed E-state index contributed by atoms with van der Waals surface area (Å²) in [5.41, 5.74) is 1.08. The Bertz CT molecular complexity index is 1290. The molecule has 198 valence electrons. The first-order chi connectivity index (χ1) is 17.6. The molecule has 1 amide bonds. The van der Waals surface area contributed by atoms with Gasteiger partial charge in [-0.25, -0.2) is 14.4 Å². The molecule has 2 aromatic heterocycles. The first kappa shape index (κ1) is 27.5. The van der Waals surface area contributed by atoms with E-state index in [1.807, 2.05) is 11.0 Å². The highest BCUT2D eigenvalue weighted by Gasteiger charge is 2.35. The molecule has 1 aromatic carbocycles. The van der Waals surface area contributed by atoms with Crippen LogP contribution < -0.4 is 15.5 Å². The number of carbonyl (C=O) groups excluding carboxylic acids is 1. The van der Waals surface area contributed by atoms with Gasteiger partial charge in [-0.05, 0) is 38.5 Å². The van der Waals surface area contributed by atoms with Crippen LogP contribution in [0.25, 0.3) is 10.9 Å². The second-order valence-electron chi connectivity index (χ2n) is 8.98. The third kappa shape index (κ3) is 6.16. The van der Waals surface area contributed by atoms with E-state index in [4.69, 9.17) is 0 Å². The molecule has 1 aliphatic rings. The molecule has 0 aliphatic carbocycles. The van der Waals surface area contributed by atoms with Gasteiger partial charge in [0.05, 0.1) is 35.3 Å². The lowest BCUT2D eigenvalue weighted by molar-refractivity contribution is -0.128. The minimum Gasteiger partial charge on any atom is -0.363 e. The second-order valence-corrected chi connectivity index (χ2v) is 12.1. The molecule has 1 fully saturated rings. The Morgan fingerprint density at radius 1 is 1.27 bits per heavy atom. The van der Waals surface area contributed by atoms with E-state index in [-0.39, 0.29) is 11.5 Å². The van der Waals surface area contributed by atoms with Gasteiger partial charge >= 0.3 is 0 Å². The van der Waals surface area contributed by atoms with E-state index in [1.165, 1.54) is 12.1 Å². The van der Waals surface area contributed by atoms with Gasteiger partial charge in [0.15, 0.2) is 0 Å². The number of hydrogen-bond donors (Lipinski definition) is 2. The number of benzene rings is 1. The van der Waals surface area contributed by atoms with Crippen molar-refractivity contribution in [1.82, 2.24) is 24.6 Å². The van der Waals surface area contributed by atoms with E-state index >= 15 is 4.39 Å². The van der Waals surface area contributed by atoms with Crippen LogP contribution in [-0.2, 0) is 10.7 Å². The van der Waals surface area contributed by atoms with E-state index in [0.717, 1.165) is 41.2 Å². The molecule has 37 heavy (non-hydrogen) atoms. The Labute approximate surface area is 219 Å². The molecule has 3 aromatic rings. The van der Waals surface area contributed by atoms with Gasteiger partial charge in [0.2, 0.25) is 5.91 Å². The number of hydrogen-bond acceptors (Lipinski definition) is 7. The highest BCUT2D eigenvalue weighted by Crippen LogP contribution is 2.38. The number of halogens is 3. The van der Waals surface area contributed by atoms with E-state index in [9.17, 15) is 13.6 Å². The topological polar surface area (TPSA) is 83.0 Å². The maximum atomic E-state index is 15.3. The molecule has 0 unspecified atom stereocenters. The van der Waals surface area contributed by atoms with Crippen molar-refractivity contribution < 1.29 is 18.0 Å². The summed E-state index contributed by atoms with van der Waals surface area (Å²) in [7, 11) is -0.543. The Balaban J connectivity index is 1.62. The van der Waals surface area contributed by atoms with Gasteiger partial charge in [0, 0.05) is 31.0 Å². The van der Waals surface area contributed by atoms with Crippen LogP contribution in [0.2, 0.25) is 0 Å². The molecule has 12 heteroatoms. The maximum Gasteiger partial charge on any atom is 0.289 e. The Morgan fingerprint density at radius 3 is 2.68 bits per heavy atom. The van der Waals surface area contributed by atoms with E-state index in [0.29, 0.717) is 30.2 Å². The molecule has 0 radical (unpaired) electrons. The third-order valence-corrected chi connectivity index (χ3v) is 9.21. The fourth-order valence-corrected chi connectivity index (χ4v) is 6.88. The average molecular weight is 551 g/mol. The molecular formula is C25H30F3N6OPS. The largest absolute Gasteiger partial charge is 0.363 e. The lowest BCUT2D eigenvalue weighted by Crippen LogP contribution is -2.38. The summed E-state index contributed by atoms with van der Waals surface area (Å²) >= 11 is 1.06. The molecule has 4 rings (SSSR count). The summed E-state index contributed by atoms with van der Waals surface area (Å²) in [6.07, 6.45) is 5.10. The van der Waals surface area contributed by atoms with E-state index in [2.05, 4.69) is 25.0 Å². The zero-order valence-electron chi connectivity index (χ0n) is 21.2. The van der Waals surface area contributed by atoms with Crippen LogP contribution in [0.1, 0.15) is 36.8 Å². The van der Waals surface area contributed by atoms with Crippen molar-refractivity contribution in [3.05, 3.63) is 53.2 Å². The fourth-order valence-electron chi connectivity index (χ4n) is 4.38. The number of nitrogens with zero attached hydrogens (tertiary/aromatic N) is 4. The first-order valence-corrected chi connectivity index (χ1v) is 14.9. The van der Waals surface area contributed by atoms with Gasteiger partial charge < -0.3 is 10.2 Å². The van der Waals surface area contributed by atoms with Gasteiger partial charge in [-0.3, -0.25) is 14.5 Å². The molecule has 0 bridgehead atoms. The standard InChI is InChI=1S/C25H30F3N6OPS/c1-15(18-6-5-7-20(23(18)26)25(27,28)14-30-37-4)31-24-19-12-22(29-13-21(19)32-16(2)33-24)36-10-8-34(9-11-36)17(3)35/h5-7,12-13,15,30H,8-11,14H2,1-4H3,(H,31,32,33)/t15-/m1/s1. The molecule has 1 saturated heterocycles. The predicted molar refractivity (Wildman–Crippen MR) is 144 cm³/mol.